The Hall–Kier alpha value is -2.69. The van der Waals surface area contributed by atoms with Crippen LogP contribution in [0.25, 0.3) is 0 Å². The summed E-state index contributed by atoms with van der Waals surface area (Å²) in [5.41, 5.74) is 0.771. The second kappa shape index (κ2) is 4.66. The van der Waals surface area contributed by atoms with E-state index in [-0.39, 0.29) is 0 Å². The minimum Gasteiger partial charge on any atom is -0.460 e. The van der Waals surface area contributed by atoms with Crippen LogP contribution in [0.15, 0.2) is 45.9 Å². The van der Waals surface area contributed by atoms with E-state index in [0.717, 1.165) is 17.2 Å². The summed E-state index contributed by atoms with van der Waals surface area (Å²) in [6.07, 6.45) is 2.56. The molecule has 1 aliphatic heterocycles. The first-order chi connectivity index (χ1) is 10.6. The van der Waals surface area contributed by atoms with Gasteiger partial charge in [-0.2, -0.15) is 10.1 Å². The van der Waals surface area contributed by atoms with Gasteiger partial charge in [0.15, 0.2) is 0 Å². The van der Waals surface area contributed by atoms with Crippen LogP contribution in [0, 0.1) is 5.92 Å². The number of imide groups is 1. The zero-order valence-corrected chi connectivity index (χ0v) is 12.0. The maximum absolute atomic E-state index is 12.2. The van der Waals surface area contributed by atoms with Crippen molar-refractivity contribution in [1.29, 1.82) is 0 Å². The molecule has 5 heteroatoms. The van der Waals surface area contributed by atoms with Crippen molar-refractivity contribution >= 4 is 18.0 Å². The summed E-state index contributed by atoms with van der Waals surface area (Å²) in [6, 6.07) is 10.5. The van der Waals surface area contributed by atoms with E-state index in [1.807, 2.05) is 12.1 Å². The lowest BCUT2D eigenvalue weighted by Crippen LogP contribution is -2.23. The third-order valence-electron chi connectivity index (χ3n) is 4.20. The molecule has 2 heterocycles. The average Bonchev–Trinajstić information content (AvgIpc) is 2.98. The van der Waals surface area contributed by atoms with E-state index in [1.54, 1.807) is 24.3 Å². The third-order valence-corrected chi connectivity index (χ3v) is 4.20. The number of nitrogens with zero attached hydrogens (tertiary/aromatic N) is 2. The SMILES string of the molecule is C[C@@H]1C[C@H]1c1ccc(/C=N\N2C(=O)c3ccccc3C2=O)o1. The summed E-state index contributed by atoms with van der Waals surface area (Å²) in [6.45, 7) is 2.18. The molecule has 0 spiro atoms. The van der Waals surface area contributed by atoms with Gasteiger partial charge in [0.05, 0.1) is 17.3 Å². The van der Waals surface area contributed by atoms with Crippen molar-refractivity contribution in [3.63, 3.8) is 0 Å². The lowest BCUT2D eigenvalue weighted by atomic mass is 10.1. The van der Waals surface area contributed by atoms with E-state index in [0.29, 0.717) is 28.7 Å². The zero-order chi connectivity index (χ0) is 15.3. The first-order valence-electron chi connectivity index (χ1n) is 7.26. The number of rotatable bonds is 3. The van der Waals surface area contributed by atoms with Crippen LogP contribution >= 0.6 is 0 Å². The van der Waals surface area contributed by atoms with Crippen molar-refractivity contribution in [3.05, 3.63) is 59.0 Å². The van der Waals surface area contributed by atoms with Crippen molar-refractivity contribution in [2.75, 3.05) is 0 Å². The molecule has 2 aromatic rings. The highest BCUT2D eigenvalue weighted by atomic mass is 16.3. The van der Waals surface area contributed by atoms with E-state index in [2.05, 4.69) is 12.0 Å². The molecule has 1 saturated carbocycles. The molecule has 1 fully saturated rings. The van der Waals surface area contributed by atoms with E-state index in [9.17, 15) is 9.59 Å². The standard InChI is InChI=1S/C17H14N2O3/c1-10-8-14(10)15-7-6-11(22-15)9-18-19-16(20)12-4-2-3-5-13(12)17(19)21/h2-7,9-10,14H,8H2,1H3/b18-9-/t10-,14-/m1/s1. The first-order valence-corrected chi connectivity index (χ1v) is 7.26. The minimum absolute atomic E-state index is 0.386. The second-order valence-corrected chi connectivity index (χ2v) is 5.77. The molecule has 1 aromatic carbocycles. The maximum Gasteiger partial charge on any atom is 0.282 e. The van der Waals surface area contributed by atoms with Gasteiger partial charge in [-0.3, -0.25) is 9.59 Å². The number of fused-ring (bicyclic) bond motifs is 1. The lowest BCUT2D eigenvalue weighted by Gasteiger charge is -2.04. The number of carbonyl (C=O) groups is 2. The Labute approximate surface area is 127 Å². The van der Waals surface area contributed by atoms with Gasteiger partial charge in [-0.15, -0.1) is 0 Å². The molecule has 4 rings (SSSR count). The van der Waals surface area contributed by atoms with Crippen LogP contribution in [0.2, 0.25) is 0 Å². The van der Waals surface area contributed by atoms with Gasteiger partial charge >= 0.3 is 0 Å². The van der Waals surface area contributed by atoms with Crippen molar-refractivity contribution < 1.29 is 14.0 Å². The Bertz CT molecular complexity index is 771. The van der Waals surface area contributed by atoms with Gasteiger partial charge in [0, 0.05) is 5.92 Å². The molecule has 0 unspecified atom stereocenters. The third kappa shape index (κ3) is 1.97. The highest BCUT2D eigenvalue weighted by Gasteiger charge is 2.37. The van der Waals surface area contributed by atoms with Crippen LogP contribution in [-0.4, -0.2) is 23.0 Å². The monoisotopic (exact) mass is 294 g/mol. The van der Waals surface area contributed by atoms with Crippen LogP contribution in [0.5, 0.6) is 0 Å². The van der Waals surface area contributed by atoms with Gasteiger partial charge in [0.2, 0.25) is 0 Å². The van der Waals surface area contributed by atoms with Gasteiger partial charge in [-0.1, -0.05) is 19.1 Å². The summed E-state index contributed by atoms with van der Waals surface area (Å²) in [5.74, 6) is 1.83. The molecule has 0 bridgehead atoms. The first kappa shape index (κ1) is 13.0. The number of carbonyl (C=O) groups excluding carboxylic acids is 2. The number of benzene rings is 1. The van der Waals surface area contributed by atoms with E-state index in [4.69, 9.17) is 4.42 Å². The molecule has 2 amide bonds. The van der Waals surface area contributed by atoms with Crippen molar-refractivity contribution in [2.24, 2.45) is 11.0 Å². The Balaban J connectivity index is 1.55. The number of furan rings is 1. The number of hydrazone groups is 1. The number of amides is 2. The van der Waals surface area contributed by atoms with Crippen LogP contribution in [0.1, 0.15) is 51.5 Å². The van der Waals surface area contributed by atoms with Gasteiger partial charge in [0.1, 0.15) is 11.5 Å². The van der Waals surface area contributed by atoms with Crippen LogP contribution in [-0.2, 0) is 0 Å². The smallest absolute Gasteiger partial charge is 0.282 e. The fourth-order valence-corrected chi connectivity index (χ4v) is 2.75. The highest BCUT2D eigenvalue weighted by molar-refractivity contribution is 6.21. The number of hydrogen-bond acceptors (Lipinski definition) is 4. The second-order valence-electron chi connectivity index (χ2n) is 5.77. The summed E-state index contributed by atoms with van der Waals surface area (Å²) < 4.78 is 5.69. The summed E-state index contributed by atoms with van der Waals surface area (Å²) in [5, 5.41) is 4.88. The lowest BCUT2D eigenvalue weighted by molar-refractivity contribution is 0.0660. The van der Waals surface area contributed by atoms with E-state index in [1.165, 1.54) is 6.21 Å². The molecule has 5 nitrogen and oxygen atoms in total. The number of hydrogen-bond donors (Lipinski definition) is 0. The molecule has 1 aliphatic carbocycles. The average molecular weight is 294 g/mol. The zero-order valence-electron chi connectivity index (χ0n) is 12.0. The maximum atomic E-state index is 12.2. The molecule has 110 valence electrons. The summed E-state index contributed by atoms with van der Waals surface area (Å²) in [7, 11) is 0. The highest BCUT2D eigenvalue weighted by Crippen LogP contribution is 2.47. The Morgan fingerprint density at radius 2 is 1.77 bits per heavy atom. The minimum atomic E-state index is -0.403. The van der Waals surface area contributed by atoms with E-state index >= 15 is 0 Å². The fraction of sp³-hybridized carbons (Fsp3) is 0.235. The molecule has 1 aromatic heterocycles. The van der Waals surface area contributed by atoms with Gasteiger partial charge in [-0.05, 0) is 36.6 Å². The molecule has 2 atom stereocenters. The molecule has 22 heavy (non-hydrogen) atoms. The quantitative estimate of drug-likeness (QED) is 0.645. The molecule has 0 N–H and O–H groups in total. The Morgan fingerprint density at radius 1 is 1.14 bits per heavy atom. The largest absolute Gasteiger partial charge is 0.460 e. The summed E-state index contributed by atoms with van der Waals surface area (Å²) >= 11 is 0. The Kier molecular flexibility index (Phi) is 2.76. The normalized spacial score (nSPS) is 23.4. The van der Waals surface area contributed by atoms with Crippen LogP contribution in [0.3, 0.4) is 0 Å². The van der Waals surface area contributed by atoms with E-state index < -0.39 is 11.8 Å². The molecular weight excluding hydrogens is 280 g/mol. The predicted molar refractivity (Wildman–Crippen MR) is 79.8 cm³/mol. The van der Waals surface area contributed by atoms with Gasteiger partial charge in [-0.25, -0.2) is 0 Å². The topological polar surface area (TPSA) is 62.9 Å². The van der Waals surface area contributed by atoms with Gasteiger partial charge < -0.3 is 4.42 Å². The van der Waals surface area contributed by atoms with Gasteiger partial charge in [0.25, 0.3) is 11.8 Å². The predicted octanol–water partition coefficient (Wildman–Crippen LogP) is 3.03. The van der Waals surface area contributed by atoms with Crippen molar-refractivity contribution in [2.45, 2.75) is 19.3 Å². The fourth-order valence-electron chi connectivity index (χ4n) is 2.75. The van der Waals surface area contributed by atoms with Crippen molar-refractivity contribution in [1.82, 2.24) is 5.01 Å². The molecule has 0 saturated heterocycles. The molecular formula is C17H14N2O3. The summed E-state index contributed by atoms with van der Waals surface area (Å²) in [4.78, 5) is 24.3. The Morgan fingerprint density at radius 3 is 2.36 bits per heavy atom. The van der Waals surface area contributed by atoms with Crippen LogP contribution < -0.4 is 0 Å². The van der Waals surface area contributed by atoms with Crippen LogP contribution in [0.4, 0.5) is 0 Å². The molecule has 0 radical (unpaired) electrons. The van der Waals surface area contributed by atoms with Crippen molar-refractivity contribution in [3.8, 4) is 0 Å². The molecule has 2 aliphatic rings.